The van der Waals surface area contributed by atoms with Crippen molar-refractivity contribution in [1.29, 1.82) is 0 Å². The molecule has 8 heteroatoms. The molecule has 0 aliphatic rings. The quantitative estimate of drug-likeness (QED) is 0.488. The van der Waals surface area contributed by atoms with Gasteiger partial charge in [-0.15, -0.1) is 0 Å². The number of hydrogen-bond donors (Lipinski definition) is 1. The summed E-state index contributed by atoms with van der Waals surface area (Å²) in [4.78, 5) is 16.6. The average molecular weight is 422 g/mol. The molecule has 1 atom stereocenters. The summed E-state index contributed by atoms with van der Waals surface area (Å²) in [5.74, 6) is -2.02. The smallest absolute Gasteiger partial charge is 0.264 e. The van der Waals surface area contributed by atoms with E-state index < -0.39 is 23.7 Å². The summed E-state index contributed by atoms with van der Waals surface area (Å²) in [6, 6.07) is 14.3. The maximum Gasteiger partial charge on any atom is 0.264 e. The number of nitrogens with zero attached hydrogens (tertiary/aromatic N) is 3. The lowest BCUT2D eigenvalue weighted by Gasteiger charge is -2.13. The first-order valence-corrected chi connectivity index (χ1v) is 9.38. The molecule has 4 rings (SSSR count). The Hall–Kier alpha value is -3.94. The highest BCUT2D eigenvalue weighted by atomic mass is 19.1. The van der Waals surface area contributed by atoms with Crippen LogP contribution in [0, 0.1) is 11.6 Å². The number of aromatic nitrogens is 3. The summed E-state index contributed by atoms with van der Waals surface area (Å²) < 4.78 is 43.5. The second-order valence-electron chi connectivity index (χ2n) is 6.81. The van der Waals surface area contributed by atoms with E-state index in [1.165, 1.54) is 35.0 Å². The van der Waals surface area contributed by atoms with E-state index >= 15 is 0 Å². The maximum atomic E-state index is 14.8. The van der Waals surface area contributed by atoms with Crippen LogP contribution in [0.15, 0.2) is 73.1 Å². The van der Waals surface area contributed by atoms with Crippen LogP contribution in [0.5, 0.6) is 0 Å². The molecular formula is C23H17F3N4O. The highest BCUT2D eigenvalue weighted by Gasteiger charge is 2.27. The molecular weight excluding hydrogens is 405 g/mol. The van der Waals surface area contributed by atoms with Gasteiger partial charge < -0.3 is 5.32 Å². The maximum absolute atomic E-state index is 14.8. The molecule has 5 nitrogen and oxygen atoms in total. The number of nitrogens with one attached hydrogen (secondary N) is 1. The second-order valence-corrected chi connectivity index (χ2v) is 6.81. The van der Waals surface area contributed by atoms with E-state index in [2.05, 4.69) is 15.4 Å². The van der Waals surface area contributed by atoms with Crippen molar-refractivity contribution in [3.63, 3.8) is 0 Å². The fraction of sp³-hybridized carbons (Fsp3) is 0.0870. The Morgan fingerprint density at radius 2 is 1.65 bits per heavy atom. The van der Waals surface area contributed by atoms with Crippen molar-refractivity contribution in [2.75, 3.05) is 5.32 Å². The zero-order chi connectivity index (χ0) is 22.0. The van der Waals surface area contributed by atoms with E-state index in [-0.39, 0.29) is 11.4 Å². The normalized spacial score (nSPS) is 11.9. The first kappa shape index (κ1) is 20.3. The van der Waals surface area contributed by atoms with Gasteiger partial charge in [0.05, 0.1) is 5.56 Å². The van der Waals surface area contributed by atoms with Gasteiger partial charge in [-0.25, -0.2) is 13.2 Å². The van der Waals surface area contributed by atoms with Gasteiger partial charge in [-0.1, -0.05) is 18.2 Å². The third kappa shape index (κ3) is 4.05. The Balaban J connectivity index is 1.78. The van der Waals surface area contributed by atoms with E-state index in [0.29, 0.717) is 22.4 Å². The lowest BCUT2D eigenvalue weighted by molar-refractivity contribution is -0.121. The number of rotatable bonds is 5. The number of alkyl halides is 1. The molecule has 4 aromatic rings. The number of carbonyl (C=O) groups excluding carboxylic acids is 1. The van der Waals surface area contributed by atoms with Crippen molar-refractivity contribution in [1.82, 2.24) is 14.8 Å². The van der Waals surface area contributed by atoms with E-state index in [9.17, 15) is 18.0 Å². The molecule has 0 radical (unpaired) electrons. The molecule has 156 valence electrons. The van der Waals surface area contributed by atoms with Gasteiger partial charge in [-0.2, -0.15) is 5.10 Å². The number of hydrogen-bond acceptors (Lipinski definition) is 3. The molecule has 2 aromatic heterocycles. The number of pyridine rings is 1. The van der Waals surface area contributed by atoms with Gasteiger partial charge >= 0.3 is 0 Å². The zero-order valence-electron chi connectivity index (χ0n) is 16.4. The first-order valence-electron chi connectivity index (χ1n) is 9.38. The molecule has 1 amide bonds. The predicted molar refractivity (Wildman–Crippen MR) is 111 cm³/mol. The molecule has 1 N–H and O–H groups in total. The molecule has 0 fully saturated rings. The summed E-state index contributed by atoms with van der Waals surface area (Å²) in [5, 5.41) is 6.98. The van der Waals surface area contributed by atoms with E-state index in [1.54, 1.807) is 43.7 Å². The molecule has 2 aromatic carbocycles. The SMILES string of the molecule is Cn1nc(-c2ccc(F)cc2)c(-c2ccncc2)c1NC(=O)C(F)c1ccccc1F. The number of carbonyl (C=O) groups is 1. The Labute approximate surface area is 176 Å². The van der Waals surface area contributed by atoms with Crippen LogP contribution in [0.25, 0.3) is 22.4 Å². The number of aryl methyl sites for hydroxylation is 1. The van der Waals surface area contributed by atoms with Crippen molar-refractivity contribution in [3.8, 4) is 22.4 Å². The highest BCUT2D eigenvalue weighted by molar-refractivity contribution is 6.00. The van der Waals surface area contributed by atoms with Crippen LogP contribution in [0.2, 0.25) is 0 Å². The second kappa shape index (κ2) is 8.43. The van der Waals surface area contributed by atoms with Gasteiger partial charge in [0, 0.05) is 30.6 Å². The van der Waals surface area contributed by atoms with Crippen LogP contribution in [0.4, 0.5) is 19.0 Å². The Morgan fingerprint density at radius 1 is 0.968 bits per heavy atom. The molecule has 0 saturated heterocycles. The number of anilines is 1. The minimum absolute atomic E-state index is 0.217. The Kier molecular flexibility index (Phi) is 5.53. The third-order valence-electron chi connectivity index (χ3n) is 4.78. The van der Waals surface area contributed by atoms with Gasteiger partial charge in [0.15, 0.2) is 0 Å². The predicted octanol–water partition coefficient (Wildman–Crippen LogP) is 5.08. The van der Waals surface area contributed by atoms with Crippen molar-refractivity contribution in [3.05, 3.63) is 90.3 Å². The van der Waals surface area contributed by atoms with Crippen molar-refractivity contribution in [2.45, 2.75) is 6.17 Å². The van der Waals surface area contributed by atoms with Crippen LogP contribution in [0.1, 0.15) is 11.7 Å². The van der Waals surface area contributed by atoms with Crippen LogP contribution < -0.4 is 5.32 Å². The Bertz CT molecular complexity index is 1220. The standard InChI is InChI=1S/C23H17F3N4O/c1-30-22(28-23(31)20(26)17-4-2-3-5-18(17)25)19(14-10-12-27-13-11-14)21(29-30)15-6-8-16(24)9-7-15/h2-13,20H,1H3,(H,28,31). The molecule has 0 saturated carbocycles. The van der Waals surface area contributed by atoms with Gasteiger partial charge in [0.2, 0.25) is 6.17 Å². The summed E-state index contributed by atoms with van der Waals surface area (Å²) in [7, 11) is 1.59. The molecule has 1 unspecified atom stereocenters. The van der Waals surface area contributed by atoms with Gasteiger partial charge in [0.1, 0.15) is 23.1 Å². The van der Waals surface area contributed by atoms with E-state index in [0.717, 1.165) is 6.07 Å². The molecule has 2 heterocycles. The lowest BCUT2D eigenvalue weighted by atomic mass is 10.0. The van der Waals surface area contributed by atoms with Gasteiger partial charge in [0.25, 0.3) is 5.91 Å². The van der Waals surface area contributed by atoms with E-state index in [1.807, 2.05) is 0 Å². The number of benzene rings is 2. The summed E-state index contributed by atoms with van der Waals surface area (Å²) in [6.07, 6.45) is 0.926. The molecule has 0 aliphatic heterocycles. The monoisotopic (exact) mass is 422 g/mol. The lowest BCUT2D eigenvalue weighted by Crippen LogP contribution is -2.21. The minimum Gasteiger partial charge on any atom is -0.308 e. The van der Waals surface area contributed by atoms with Gasteiger partial charge in [-0.05, 0) is 48.0 Å². The molecule has 31 heavy (non-hydrogen) atoms. The van der Waals surface area contributed by atoms with Crippen molar-refractivity contribution in [2.24, 2.45) is 7.05 Å². The van der Waals surface area contributed by atoms with Crippen molar-refractivity contribution >= 4 is 11.7 Å². The first-order chi connectivity index (χ1) is 15.0. The van der Waals surface area contributed by atoms with Crippen LogP contribution in [0.3, 0.4) is 0 Å². The van der Waals surface area contributed by atoms with E-state index in [4.69, 9.17) is 0 Å². The van der Waals surface area contributed by atoms with Gasteiger partial charge in [-0.3, -0.25) is 14.5 Å². The third-order valence-corrected chi connectivity index (χ3v) is 4.78. The molecule has 0 aliphatic carbocycles. The minimum atomic E-state index is -2.21. The van der Waals surface area contributed by atoms with Crippen LogP contribution >= 0.6 is 0 Å². The fourth-order valence-electron chi connectivity index (χ4n) is 3.27. The average Bonchev–Trinajstić information content (AvgIpc) is 3.10. The molecule has 0 spiro atoms. The topological polar surface area (TPSA) is 59.8 Å². The van der Waals surface area contributed by atoms with Crippen LogP contribution in [-0.2, 0) is 11.8 Å². The van der Waals surface area contributed by atoms with Crippen LogP contribution in [-0.4, -0.2) is 20.7 Å². The fourth-order valence-corrected chi connectivity index (χ4v) is 3.27. The summed E-state index contributed by atoms with van der Waals surface area (Å²) in [5.41, 5.74) is 1.89. The zero-order valence-corrected chi connectivity index (χ0v) is 16.4. The Morgan fingerprint density at radius 3 is 2.32 bits per heavy atom. The van der Waals surface area contributed by atoms with Crippen molar-refractivity contribution < 1.29 is 18.0 Å². The number of halogens is 3. The largest absolute Gasteiger partial charge is 0.308 e. The summed E-state index contributed by atoms with van der Waals surface area (Å²) >= 11 is 0. The number of amides is 1. The highest BCUT2D eigenvalue weighted by Crippen LogP contribution is 2.38. The molecule has 0 bridgehead atoms. The summed E-state index contributed by atoms with van der Waals surface area (Å²) in [6.45, 7) is 0.